The second-order valence-electron chi connectivity index (χ2n) is 6.26. The van der Waals surface area contributed by atoms with Crippen molar-refractivity contribution in [2.45, 2.75) is 38.5 Å². The van der Waals surface area contributed by atoms with Gasteiger partial charge < -0.3 is 9.80 Å². The van der Waals surface area contributed by atoms with E-state index in [0.717, 1.165) is 51.9 Å². The summed E-state index contributed by atoms with van der Waals surface area (Å²) in [5.74, 6) is 0.186. The largest absolute Gasteiger partial charge is 0.339 e. The Hall–Kier alpha value is -2.10. The molecule has 0 atom stereocenters. The fourth-order valence-corrected chi connectivity index (χ4v) is 2.97. The standard InChI is InChI=1S/C20H28N2O2/c23-19(21-15-9-5-10-16-21)13-7-3-1-2-4-8-14-20(24)22-17-11-6-12-18-22/h1-4,7-8,13-14H,5-6,9-12,15-18H2. The Bertz CT molecular complexity index is 472. The molecule has 0 saturated carbocycles. The summed E-state index contributed by atoms with van der Waals surface area (Å²) in [5.41, 5.74) is 0. The average Bonchev–Trinajstić information content (AvgIpc) is 2.65. The van der Waals surface area contributed by atoms with Crippen molar-refractivity contribution in [1.29, 1.82) is 0 Å². The molecule has 2 aliphatic rings. The lowest BCUT2D eigenvalue weighted by atomic mass is 10.1. The van der Waals surface area contributed by atoms with E-state index in [1.807, 2.05) is 34.1 Å². The second kappa shape index (κ2) is 10.6. The van der Waals surface area contributed by atoms with Crippen molar-refractivity contribution in [1.82, 2.24) is 9.80 Å². The van der Waals surface area contributed by atoms with Crippen LogP contribution < -0.4 is 0 Å². The van der Waals surface area contributed by atoms with E-state index in [4.69, 9.17) is 0 Å². The Morgan fingerprint density at radius 1 is 0.500 bits per heavy atom. The van der Waals surface area contributed by atoms with Crippen molar-refractivity contribution < 1.29 is 9.59 Å². The minimum atomic E-state index is 0.0929. The average molecular weight is 328 g/mol. The van der Waals surface area contributed by atoms with Gasteiger partial charge in [0.05, 0.1) is 0 Å². The molecule has 2 fully saturated rings. The van der Waals surface area contributed by atoms with Gasteiger partial charge in [-0.3, -0.25) is 9.59 Å². The Morgan fingerprint density at radius 3 is 1.21 bits per heavy atom. The first kappa shape index (κ1) is 18.2. The summed E-state index contributed by atoms with van der Waals surface area (Å²) in [6.07, 6.45) is 21.0. The number of amides is 2. The van der Waals surface area contributed by atoms with E-state index in [1.54, 1.807) is 24.3 Å². The molecule has 0 bridgehead atoms. The van der Waals surface area contributed by atoms with Gasteiger partial charge in [-0.05, 0) is 38.5 Å². The maximum Gasteiger partial charge on any atom is 0.246 e. The molecule has 0 aromatic carbocycles. The van der Waals surface area contributed by atoms with Crippen LogP contribution in [0.2, 0.25) is 0 Å². The van der Waals surface area contributed by atoms with Crippen molar-refractivity contribution in [3.05, 3.63) is 48.6 Å². The summed E-state index contributed by atoms with van der Waals surface area (Å²) in [6.45, 7) is 3.51. The van der Waals surface area contributed by atoms with Gasteiger partial charge in [0.1, 0.15) is 0 Å². The molecule has 2 heterocycles. The van der Waals surface area contributed by atoms with Gasteiger partial charge in [0.2, 0.25) is 11.8 Å². The van der Waals surface area contributed by atoms with Crippen LogP contribution >= 0.6 is 0 Å². The van der Waals surface area contributed by atoms with Gasteiger partial charge in [-0.25, -0.2) is 0 Å². The lowest BCUT2D eigenvalue weighted by Crippen LogP contribution is -2.34. The third-order valence-corrected chi connectivity index (χ3v) is 4.37. The Morgan fingerprint density at radius 2 is 0.833 bits per heavy atom. The maximum absolute atomic E-state index is 11.9. The highest BCUT2D eigenvalue weighted by molar-refractivity contribution is 5.88. The lowest BCUT2D eigenvalue weighted by molar-refractivity contribution is -0.127. The molecule has 2 amide bonds. The smallest absolute Gasteiger partial charge is 0.246 e. The normalized spacial score (nSPS) is 20.0. The van der Waals surface area contributed by atoms with Crippen LogP contribution in [-0.4, -0.2) is 47.8 Å². The molecular weight excluding hydrogens is 300 g/mol. The zero-order chi connectivity index (χ0) is 17.0. The molecule has 0 aromatic heterocycles. The topological polar surface area (TPSA) is 40.6 Å². The van der Waals surface area contributed by atoms with E-state index in [2.05, 4.69) is 0 Å². The van der Waals surface area contributed by atoms with Crippen molar-refractivity contribution in [3.63, 3.8) is 0 Å². The number of hydrogen-bond donors (Lipinski definition) is 0. The van der Waals surface area contributed by atoms with Crippen LogP contribution in [0.25, 0.3) is 0 Å². The Kier molecular flexibility index (Phi) is 8.08. The molecular formula is C20H28N2O2. The van der Waals surface area contributed by atoms with Crippen LogP contribution in [0.1, 0.15) is 38.5 Å². The minimum Gasteiger partial charge on any atom is -0.339 e. The monoisotopic (exact) mass is 328 g/mol. The van der Waals surface area contributed by atoms with E-state index in [-0.39, 0.29) is 11.8 Å². The summed E-state index contributed by atoms with van der Waals surface area (Å²) in [4.78, 5) is 27.6. The van der Waals surface area contributed by atoms with E-state index in [0.29, 0.717) is 0 Å². The van der Waals surface area contributed by atoms with Gasteiger partial charge in [0, 0.05) is 38.3 Å². The highest BCUT2D eigenvalue weighted by Gasteiger charge is 2.13. The Labute approximate surface area is 145 Å². The van der Waals surface area contributed by atoms with Crippen LogP contribution in [0, 0.1) is 0 Å². The Balaban J connectivity index is 1.66. The van der Waals surface area contributed by atoms with Gasteiger partial charge in [-0.2, -0.15) is 0 Å². The molecule has 0 spiro atoms. The van der Waals surface area contributed by atoms with Crippen molar-refractivity contribution in [2.75, 3.05) is 26.2 Å². The first-order valence-corrected chi connectivity index (χ1v) is 9.03. The van der Waals surface area contributed by atoms with E-state index in [9.17, 15) is 9.59 Å². The molecule has 130 valence electrons. The van der Waals surface area contributed by atoms with Crippen LogP contribution in [0.15, 0.2) is 48.6 Å². The van der Waals surface area contributed by atoms with Crippen molar-refractivity contribution >= 4 is 11.8 Å². The number of piperidine rings is 2. The van der Waals surface area contributed by atoms with Crippen LogP contribution in [-0.2, 0) is 9.59 Å². The molecule has 4 heteroatoms. The predicted octanol–water partition coefficient (Wildman–Crippen LogP) is 3.24. The summed E-state index contributed by atoms with van der Waals surface area (Å²) in [6, 6.07) is 0. The quantitative estimate of drug-likeness (QED) is 0.574. The van der Waals surface area contributed by atoms with E-state index < -0.39 is 0 Å². The van der Waals surface area contributed by atoms with Crippen molar-refractivity contribution in [3.8, 4) is 0 Å². The number of nitrogens with zero attached hydrogens (tertiary/aromatic N) is 2. The summed E-state index contributed by atoms with van der Waals surface area (Å²) >= 11 is 0. The van der Waals surface area contributed by atoms with Gasteiger partial charge in [0.25, 0.3) is 0 Å². The van der Waals surface area contributed by atoms with Gasteiger partial charge >= 0.3 is 0 Å². The number of carbonyl (C=O) groups excluding carboxylic acids is 2. The number of likely N-dealkylation sites (tertiary alicyclic amines) is 2. The molecule has 2 saturated heterocycles. The number of allylic oxidation sites excluding steroid dienone is 6. The number of hydrogen-bond acceptors (Lipinski definition) is 2. The van der Waals surface area contributed by atoms with Gasteiger partial charge in [0.15, 0.2) is 0 Å². The molecule has 24 heavy (non-hydrogen) atoms. The van der Waals surface area contributed by atoms with E-state index in [1.165, 1.54) is 12.8 Å². The maximum atomic E-state index is 11.9. The SMILES string of the molecule is O=C(C=CC=CC=CC=CC(=O)N1CCCCC1)N1CCCCC1. The molecule has 2 aliphatic heterocycles. The van der Waals surface area contributed by atoms with E-state index >= 15 is 0 Å². The molecule has 4 nitrogen and oxygen atoms in total. The lowest BCUT2D eigenvalue weighted by Gasteiger charge is -2.25. The summed E-state index contributed by atoms with van der Waals surface area (Å²) in [7, 11) is 0. The van der Waals surface area contributed by atoms with Crippen LogP contribution in [0.3, 0.4) is 0 Å². The zero-order valence-electron chi connectivity index (χ0n) is 14.4. The molecule has 2 rings (SSSR count). The van der Waals surface area contributed by atoms with Gasteiger partial charge in [-0.1, -0.05) is 36.5 Å². The summed E-state index contributed by atoms with van der Waals surface area (Å²) in [5, 5.41) is 0. The molecule has 0 aromatic rings. The molecule has 0 unspecified atom stereocenters. The molecule has 0 aliphatic carbocycles. The number of rotatable bonds is 5. The van der Waals surface area contributed by atoms with Crippen LogP contribution in [0.4, 0.5) is 0 Å². The van der Waals surface area contributed by atoms with Gasteiger partial charge in [-0.15, -0.1) is 0 Å². The number of carbonyl (C=O) groups is 2. The third kappa shape index (κ3) is 6.57. The highest BCUT2D eigenvalue weighted by Crippen LogP contribution is 2.09. The summed E-state index contributed by atoms with van der Waals surface area (Å²) < 4.78 is 0. The fourth-order valence-electron chi connectivity index (χ4n) is 2.97. The predicted molar refractivity (Wildman–Crippen MR) is 97.4 cm³/mol. The first-order chi connectivity index (χ1) is 11.8. The highest BCUT2D eigenvalue weighted by atomic mass is 16.2. The third-order valence-electron chi connectivity index (χ3n) is 4.37. The fraction of sp³-hybridized carbons (Fsp3) is 0.500. The first-order valence-electron chi connectivity index (χ1n) is 9.03. The van der Waals surface area contributed by atoms with Crippen molar-refractivity contribution in [2.24, 2.45) is 0 Å². The molecule has 0 radical (unpaired) electrons. The molecule has 0 N–H and O–H groups in total. The second-order valence-corrected chi connectivity index (χ2v) is 6.26. The zero-order valence-corrected chi connectivity index (χ0v) is 14.4. The van der Waals surface area contributed by atoms with Crippen LogP contribution in [0.5, 0.6) is 0 Å². The minimum absolute atomic E-state index is 0.0929.